The van der Waals surface area contributed by atoms with Crippen molar-refractivity contribution in [3.8, 4) is 0 Å². The highest BCUT2D eigenvalue weighted by Crippen LogP contribution is 2.44. The molecule has 1 aliphatic carbocycles. The van der Waals surface area contributed by atoms with Crippen LogP contribution in [0.2, 0.25) is 0 Å². The van der Waals surface area contributed by atoms with Crippen LogP contribution >= 0.6 is 12.4 Å². The van der Waals surface area contributed by atoms with E-state index in [-0.39, 0.29) is 12.4 Å². The smallest absolute Gasteiger partial charge is 0.0171 e. The second-order valence-corrected chi connectivity index (χ2v) is 4.86. The Kier molecular flexibility index (Phi) is 6.01. The summed E-state index contributed by atoms with van der Waals surface area (Å²) in [5, 5.41) is 0. The Bertz CT molecular complexity index is 306. The Hall–Kier alpha value is -0.530. The molecule has 0 amide bonds. The van der Waals surface area contributed by atoms with E-state index in [1.54, 1.807) is 0 Å². The van der Waals surface area contributed by atoms with E-state index < -0.39 is 0 Å². The molecule has 0 aromatic heterocycles. The van der Waals surface area contributed by atoms with Crippen LogP contribution in [0.25, 0.3) is 0 Å². The van der Waals surface area contributed by atoms with Crippen molar-refractivity contribution >= 4 is 12.4 Å². The highest BCUT2D eigenvalue weighted by atomic mass is 35.5. The number of nitrogens with zero attached hydrogens (tertiary/aromatic N) is 1. The highest BCUT2D eigenvalue weighted by Gasteiger charge is 2.41. The molecule has 1 fully saturated rings. The van der Waals surface area contributed by atoms with Crippen LogP contribution in [-0.4, -0.2) is 24.0 Å². The quantitative estimate of drug-likeness (QED) is 0.738. The molecule has 2 unspecified atom stereocenters. The van der Waals surface area contributed by atoms with Crippen LogP contribution in [0.5, 0.6) is 0 Å². The van der Waals surface area contributed by atoms with Gasteiger partial charge in [-0.25, -0.2) is 0 Å². The van der Waals surface area contributed by atoms with Crippen molar-refractivity contribution in [3.63, 3.8) is 0 Å². The molecule has 2 atom stereocenters. The minimum Gasteiger partial charge on any atom is -0.300 e. The molecule has 0 N–H and O–H groups in total. The predicted molar refractivity (Wildman–Crippen MR) is 77.0 cm³/mol. The average molecular weight is 254 g/mol. The Morgan fingerprint density at radius 2 is 1.65 bits per heavy atom. The van der Waals surface area contributed by atoms with Crippen LogP contribution in [0.1, 0.15) is 44.6 Å². The number of hydrogen-bond donors (Lipinski definition) is 0. The Labute approximate surface area is 112 Å². The van der Waals surface area contributed by atoms with Gasteiger partial charge in [-0.3, -0.25) is 4.90 Å². The lowest BCUT2D eigenvalue weighted by Crippen LogP contribution is -2.28. The molecular formula is C15H24ClN. The van der Waals surface area contributed by atoms with E-state index in [1.165, 1.54) is 37.9 Å². The first-order valence-electron chi connectivity index (χ1n) is 6.65. The molecule has 1 nitrogen and oxygen atoms in total. The van der Waals surface area contributed by atoms with E-state index in [0.29, 0.717) is 0 Å². The normalized spacial score (nSPS) is 22.3. The topological polar surface area (TPSA) is 3.24 Å². The molecule has 0 spiro atoms. The van der Waals surface area contributed by atoms with Crippen molar-refractivity contribution in [2.45, 2.75) is 45.1 Å². The summed E-state index contributed by atoms with van der Waals surface area (Å²) in [5.41, 5.74) is 1.53. The molecule has 0 aliphatic heterocycles. The minimum atomic E-state index is 0. The van der Waals surface area contributed by atoms with Gasteiger partial charge in [-0.2, -0.15) is 0 Å². The molecule has 0 heterocycles. The Morgan fingerprint density at radius 3 is 2.18 bits per heavy atom. The van der Waals surface area contributed by atoms with Gasteiger partial charge in [0.2, 0.25) is 0 Å². The fraction of sp³-hybridized carbons (Fsp3) is 0.600. The Morgan fingerprint density at radius 1 is 1.06 bits per heavy atom. The summed E-state index contributed by atoms with van der Waals surface area (Å²) < 4.78 is 0. The van der Waals surface area contributed by atoms with Gasteiger partial charge >= 0.3 is 0 Å². The van der Waals surface area contributed by atoms with Gasteiger partial charge in [0.1, 0.15) is 0 Å². The molecule has 1 aromatic rings. The van der Waals surface area contributed by atoms with Gasteiger partial charge in [0.25, 0.3) is 0 Å². The van der Waals surface area contributed by atoms with E-state index in [2.05, 4.69) is 49.1 Å². The van der Waals surface area contributed by atoms with Crippen molar-refractivity contribution in [1.82, 2.24) is 4.90 Å². The lowest BCUT2D eigenvalue weighted by Gasteiger charge is -2.21. The zero-order valence-corrected chi connectivity index (χ0v) is 11.7. The molecule has 0 saturated heterocycles. The van der Waals surface area contributed by atoms with Crippen LogP contribution in [-0.2, 0) is 0 Å². The third-order valence-corrected chi connectivity index (χ3v) is 3.48. The molecule has 1 aliphatic rings. The van der Waals surface area contributed by atoms with Gasteiger partial charge < -0.3 is 0 Å². The minimum absolute atomic E-state index is 0. The van der Waals surface area contributed by atoms with Gasteiger partial charge in [0.15, 0.2) is 0 Å². The number of halogens is 1. The van der Waals surface area contributed by atoms with E-state index in [0.717, 1.165) is 12.0 Å². The van der Waals surface area contributed by atoms with E-state index in [9.17, 15) is 0 Å². The van der Waals surface area contributed by atoms with Crippen molar-refractivity contribution < 1.29 is 0 Å². The zero-order chi connectivity index (χ0) is 11.4. The van der Waals surface area contributed by atoms with Crippen molar-refractivity contribution in [3.05, 3.63) is 35.9 Å². The summed E-state index contributed by atoms with van der Waals surface area (Å²) >= 11 is 0. The standard InChI is InChI=1S/C15H23N.ClH/c1-3-10-16(11-4-2)15-12-14(15)13-8-6-5-7-9-13;/h5-9,14-15H,3-4,10-12H2,1-2H3;1H. The predicted octanol–water partition coefficient (Wildman–Crippen LogP) is 4.09. The van der Waals surface area contributed by atoms with E-state index in [4.69, 9.17) is 0 Å². The summed E-state index contributed by atoms with van der Waals surface area (Å²) in [6, 6.07) is 11.8. The lowest BCUT2D eigenvalue weighted by atomic mass is 10.1. The van der Waals surface area contributed by atoms with E-state index in [1.807, 2.05) is 0 Å². The molecular weight excluding hydrogens is 230 g/mol. The number of hydrogen-bond acceptors (Lipinski definition) is 1. The van der Waals surface area contributed by atoms with Crippen LogP contribution < -0.4 is 0 Å². The summed E-state index contributed by atoms with van der Waals surface area (Å²) in [6.07, 6.45) is 3.92. The van der Waals surface area contributed by atoms with Gasteiger partial charge in [0, 0.05) is 12.0 Å². The summed E-state index contributed by atoms with van der Waals surface area (Å²) in [5.74, 6) is 0.805. The van der Waals surface area contributed by atoms with Crippen LogP contribution in [0.15, 0.2) is 30.3 Å². The molecule has 1 aromatic carbocycles. The summed E-state index contributed by atoms with van der Waals surface area (Å²) in [7, 11) is 0. The number of benzene rings is 1. The third-order valence-electron chi connectivity index (χ3n) is 3.48. The molecule has 17 heavy (non-hydrogen) atoms. The first-order valence-corrected chi connectivity index (χ1v) is 6.65. The monoisotopic (exact) mass is 253 g/mol. The first-order chi connectivity index (χ1) is 7.86. The highest BCUT2D eigenvalue weighted by molar-refractivity contribution is 5.85. The van der Waals surface area contributed by atoms with E-state index >= 15 is 0 Å². The zero-order valence-electron chi connectivity index (χ0n) is 10.9. The fourth-order valence-corrected chi connectivity index (χ4v) is 2.66. The van der Waals surface area contributed by atoms with Gasteiger partial charge in [-0.05, 0) is 37.9 Å². The maximum absolute atomic E-state index is 2.68. The maximum atomic E-state index is 2.68. The van der Waals surface area contributed by atoms with Crippen LogP contribution in [0.3, 0.4) is 0 Å². The SMILES string of the molecule is CCCN(CCC)C1CC1c1ccccc1.Cl. The van der Waals surface area contributed by atoms with Crippen molar-refractivity contribution in [2.75, 3.05) is 13.1 Å². The summed E-state index contributed by atoms with van der Waals surface area (Å²) in [6.45, 7) is 7.09. The molecule has 0 bridgehead atoms. The van der Waals surface area contributed by atoms with Crippen molar-refractivity contribution in [1.29, 1.82) is 0 Å². The van der Waals surface area contributed by atoms with Gasteiger partial charge in [0.05, 0.1) is 0 Å². The molecule has 2 rings (SSSR count). The number of rotatable bonds is 6. The maximum Gasteiger partial charge on any atom is 0.0171 e. The lowest BCUT2D eigenvalue weighted by molar-refractivity contribution is 0.260. The molecule has 0 radical (unpaired) electrons. The van der Waals surface area contributed by atoms with Gasteiger partial charge in [-0.15, -0.1) is 12.4 Å². The summed E-state index contributed by atoms with van der Waals surface area (Å²) in [4.78, 5) is 2.68. The molecule has 96 valence electrons. The van der Waals surface area contributed by atoms with Crippen molar-refractivity contribution in [2.24, 2.45) is 0 Å². The Balaban J connectivity index is 0.00000144. The fourth-order valence-electron chi connectivity index (χ4n) is 2.66. The van der Waals surface area contributed by atoms with Crippen LogP contribution in [0.4, 0.5) is 0 Å². The molecule has 2 heteroatoms. The van der Waals surface area contributed by atoms with Gasteiger partial charge in [-0.1, -0.05) is 44.2 Å². The first kappa shape index (κ1) is 14.5. The van der Waals surface area contributed by atoms with Crippen LogP contribution in [0, 0.1) is 0 Å². The second-order valence-electron chi connectivity index (χ2n) is 4.86. The second kappa shape index (κ2) is 7.03. The third kappa shape index (κ3) is 3.72. The molecule has 1 saturated carbocycles. The largest absolute Gasteiger partial charge is 0.300 e. The average Bonchev–Trinajstić information content (AvgIpc) is 3.10.